The maximum absolute atomic E-state index is 12.7. The fourth-order valence-electron chi connectivity index (χ4n) is 2.91. The summed E-state index contributed by atoms with van der Waals surface area (Å²) in [6.45, 7) is 5.41. The minimum atomic E-state index is -0.995. The number of furan rings is 1. The van der Waals surface area contributed by atoms with E-state index in [-0.39, 0.29) is 5.92 Å². The van der Waals surface area contributed by atoms with Crippen LogP contribution in [-0.4, -0.2) is 27.9 Å². The van der Waals surface area contributed by atoms with Gasteiger partial charge >= 0.3 is 6.09 Å². The summed E-state index contributed by atoms with van der Waals surface area (Å²) in [5.41, 5.74) is 0.815. The normalized spacial score (nSPS) is 21.0. The summed E-state index contributed by atoms with van der Waals surface area (Å²) in [7, 11) is 0. The number of nitrogens with zero attached hydrogens (tertiary/aromatic N) is 1. The summed E-state index contributed by atoms with van der Waals surface area (Å²) in [5.74, 6) is 0.648. The molecule has 1 unspecified atom stereocenters. The summed E-state index contributed by atoms with van der Waals surface area (Å²) in [4.78, 5) is 14.0. The largest absolute Gasteiger partial charge is 0.469 e. The third-order valence-corrected chi connectivity index (χ3v) is 3.95. The van der Waals surface area contributed by atoms with Gasteiger partial charge in [-0.05, 0) is 44.5 Å². The Bertz CT molecular complexity index is 744. The van der Waals surface area contributed by atoms with E-state index in [4.69, 9.17) is 9.15 Å². The molecule has 2 aromatic rings. The monoisotopic (exact) mass is 341 g/mol. The topological polar surface area (TPSA) is 62.9 Å². The molecule has 25 heavy (non-hydrogen) atoms. The van der Waals surface area contributed by atoms with Gasteiger partial charge in [0, 0.05) is 12.3 Å². The van der Waals surface area contributed by atoms with Crippen molar-refractivity contribution in [1.82, 2.24) is 4.90 Å². The van der Waals surface area contributed by atoms with E-state index in [2.05, 4.69) is 0 Å². The van der Waals surface area contributed by atoms with Crippen LogP contribution < -0.4 is 0 Å². The molecule has 1 aromatic carbocycles. The Morgan fingerprint density at radius 3 is 2.52 bits per heavy atom. The van der Waals surface area contributed by atoms with E-state index >= 15 is 0 Å². The fraction of sp³-hybridized carbons (Fsp3) is 0.350. The molecule has 0 aliphatic carbocycles. The first kappa shape index (κ1) is 17.3. The first-order valence-corrected chi connectivity index (χ1v) is 8.36. The van der Waals surface area contributed by atoms with E-state index in [1.165, 1.54) is 4.90 Å². The number of carbonyl (C=O) groups is 1. The molecule has 0 saturated carbocycles. The number of benzene rings is 1. The van der Waals surface area contributed by atoms with Crippen LogP contribution in [0.5, 0.6) is 0 Å². The third-order valence-electron chi connectivity index (χ3n) is 3.95. The Morgan fingerprint density at radius 2 is 1.92 bits per heavy atom. The average molecular weight is 341 g/mol. The molecule has 5 heteroatoms. The molecule has 3 rings (SSSR count). The van der Waals surface area contributed by atoms with Gasteiger partial charge in [0.15, 0.2) is 0 Å². The van der Waals surface area contributed by atoms with Gasteiger partial charge in [-0.3, -0.25) is 4.90 Å². The van der Waals surface area contributed by atoms with Crippen LogP contribution in [0.2, 0.25) is 0 Å². The van der Waals surface area contributed by atoms with Gasteiger partial charge in [0.2, 0.25) is 0 Å². The van der Waals surface area contributed by atoms with Gasteiger partial charge in [-0.25, -0.2) is 4.79 Å². The van der Waals surface area contributed by atoms with Crippen molar-refractivity contribution >= 4 is 11.8 Å². The second-order valence-electron chi connectivity index (χ2n) is 7.11. The molecule has 1 aromatic heterocycles. The number of rotatable bonds is 2. The van der Waals surface area contributed by atoms with Crippen molar-refractivity contribution in [1.29, 1.82) is 0 Å². The number of hydrogen-bond donors (Lipinski definition) is 1. The summed E-state index contributed by atoms with van der Waals surface area (Å²) in [6.07, 6.45) is 2.35. The number of ether oxygens (including phenoxy) is 1. The SMILES string of the molecule is CC(C)(C)OC(=O)N1C(c2ccccc2)=C[C@H](c2ccco2)CC1O. The molecule has 1 N–H and O–H groups in total. The lowest BCUT2D eigenvalue weighted by Crippen LogP contribution is -2.44. The molecule has 0 fully saturated rings. The molecule has 0 bridgehead atoms. The summed E-state index contributed by atoms with van der Waals surface area (Å²) < 4.78 is 11.0. The quantitative estimate of drug-likeness (QED) is 0.881. The molecule has 0 spiro atoms. The Morgan fingerprint density at radius 1 is 1.20 bits per heavy atom. The minimum Gasteiger partial charge on any atom is -0.469 e. The highest BCUT2D eigenvalue weighted by molar-refractivity contribution is 5.83. The first-order chi connectivity index (χ1) is 11.8. The van der Waals surface area contributed by atoms with Crippen molar-refractivity contribution in [2.24, 2.45) is 0 Å². The summed E-state index contributed by atoms with van der Waals surface area (Å²) >= 11 is 0. The van der Waals surface area contributed by atoms with Crippen LogP contribution in [0.1, 0.15) is 44.4 Å². The molecule has 2 heterocycles. The van der Waals surface area contributed by atoms with Crippen LogP contribution in [0.3, 0.4) is 0 Å². The maximum atomic E-state index is 12.7. The van der Waals surface area contributed by atoms with Gasteiger partial charge in [0.1, 0.15) is 17.6 Å². The molecule has 2 atom stereocenters. The van der Waals surface area contributed by atoms with E-state index < -0.39 is 17.9 Å². The highest BCUT2D eigenvalue weighted by Crippen LogP contribution is 2.37. The van der Waals surface area contributed by atoms with Crippen LogP contribution in [0, 0.1) is 0 Å². The smallest absolute Gasteiger partial charge is 0.416 e. The van der Waals surface area contributed by atoms with Crippen molar-refractivity contribution in [2.45, 2.75) is 44.9 Å². The lowest BCUT2D eigenvalue weighted by Gasteiger charge is -2.37. The van der Waals surface area contributed by atoms with E-state index in [1.807, 2.05) is 48.5 Å². The molecule has 5 nitrogen and oxygen atoms in total. The lowest BCUT2D eigenvalue weighted by atomic mass is 9.93. The minimum absolute atomic E-state index is 0.112. The number of aliphatic hydroxyl groups is 1. The Balaban J connectivity index is 2.01. The predicted octanol–water partition coefficient (Wildman–Crippen LogP) is 4.36. The third kappa shape index (κ3) is 3.94. The second-order valence-corrected chi connectivity index (χ2v) is 7.11. The standard InChI is InChI=1S/C20H23NO4/c1-20(2,3)25-19(23)21-16(14-8-5-4-6-9-14)12-15(13-18(21)22)17-10-7-11-24-17/h4-12,15,18,22H,13H2,1-3H3/t15-,18?/m0/s1. The van der Waals surface area contributed by atoms with Crippen molar-refractivity contribution in [3.8, 4) is 0 Å². The number of amides is 1. The highest BCUT2D eigenvalue weighted by atomic mass is 16.6. The lowest BCUT2D eigenvalue weighted by molar-refractivity contribution is -0.0141. The predicted molar refractivity (Wildman–Crippen MR) is 94.6 cm³/mol. The van der Waals surface area contributed by atoms with Crippen LogP contribution >= 0.6 is 0 Å². The van der Waals surface area contributed by atoms with Crippen molar-refractivity contribution in [3.63, 3.8) is 0 Å². The number of hydrogen-bond acceptors (Lipinski definition) is 4. The molecule has 1 aliphatic heterocycles. The molecule has 1 aliphatic rings. The zero-order valence-corrected chi connectivity index (χ0v) is 14.7. The van der Waals surface area contributed by atoms with Crippen LogP contribution in [0.25, 0.3) is 5.70 Å². The van der Waals surface area contributed by atoms with Crippen molar-refractivity contribution in [3.05, 3.63) is 66.1 Å². The maximum Gasteiger partial charge on any atom is 0.416 e. The summed E-state index contributed by atoms with van der Waals surface area (Å²) in [6, 6.07) is 13.2. The number of aliphatic hydroxyl groups excluding tert-OH is 1. The zero-order valence-electron chi connectivity index (χ0n) is 14.7. The Kier molecular flexibility index (Phi) is 4.68. The van der Waals surface area contributed by atoms with Gasteiger partial charge in [-0.1, -0.05) is 30.3 Å². The Labute approximate surface area is 147 Å². The van der Waals surface area contributed by atoms with E-state index in [1.54, 1.807) is 27.0 Å². The van der Waals surface area contributed by atoms with E-state index in [0.717, 1.165) is 11.3 Å². The van der Waals surface area contributed by atoms with Crippen LogP contribution in [0.4, 0.5) is 4.79 Å². The summed E-state index contributed by atoms with van der Waals surface area (Å²) in [5, 5.41) is 10.7. The molecule has 132 valence electrons. The average Bonchev–Trinajstić information content (AvgIpc) is 3.07. The number of allylic oxidation sites excluding steroid dienone is 1. The Hall–Kier alpha value is -2.53. The highest BCUT2D eigenvalue weighted by Gasteiger charge is 2.36. The van der Waals surface area contributed by atoms with Crippen molar-refractivity contribution < 1.29 is 19.1 Å². The molecular formula is C20H23NO4. The van der Waals surface area contributed by atoms with Gasteiger partial charge in [-0.2, -0.15) is 0 Å². The molecule has 1 amide bonds. The molecular weight excluding hydrogens is 318 g/mol. The van der Waals surface area contributed by atoms with Crippen LogP contribution in [0.15, 0.2) is 59.2 Å². The fourth-order valence-corrected chi connectivity index (χ4v) is 2.91. The molecule has 0 radical (unpaired) electrons. The van der Waals surface area contributed by atoms with Gasteiger partial charge in [0.05, 0.1) is 12.0 Å². The van der Waals surface area contributed by atoms with Gasteiger partial charge in [0.25, 0.3) is 0 Å². The van der Waals surface area contributed by atoms with E-state index in [0.29, 0.717) is 12.1 Å². The zero-order chi connectivity index (χ0) is 18.0. The first-order valence-electron chi connectivity index (χ1n) is 8.36. The van der Waals surface area contributed by atoms with Crippen LogP contribution in [-0.2, 0) is 4.74 Å². The second kappa shape index (κ2) is 6.76. The van der Waals surface area contributed by atoms with E-state index in [9.17, 15) is 9.90 Å². The number of carbonyl (C=O) groups excluding carboxylic acids is 1. The van der Waals surface area contributed by atoms with Crippen molar-refractivity contribution in [2.75, 3.05) is 0 Å². The van der Waals surface area contributed by atoms with Gasteiger partial charge in [-0.15, -0.1) is 0 Å². The molecule has 0 saturated heterocycles. The van der Waals surface area contributed by atoms with Gasteiger partial charge < -0.3 is 14.3 Å².